The topological polar surface area (TPSA) is 59.0 Å². The number of fused-ring (bicyclic) bond motifs is 1. The largest absolute Gasteiger partial charge is 0.382 e. The molecule has 1 aromatic heterocycles. The van der Waals surface area contributed by atoms with Crippen LogP contribution in [0.2, 0.25) is 0 Å². The predicted molar refractivity (Wildman–Crippen MR) is 82.0 cm³/mol. The molecule has 0 spiro atoms. The molecule has 21 heavy (non-hydrogen) atoms. The number of carbonyl (C=O) groups is 1. The Hall–Kier alpha value is -2.30. The first-order valence-electron chi connectivity index (χ1n) is 7.33. The minimum absolute atomic E-state index is 0.0301. The summed E-state index contributed by atoms with van der Waals surface area (Å²) in [5.74, 6) is 0.0779. The number of hydrogen-bond acceptors (Lipinski definition) is 3. The zero-order chi connectivity index (χ0) is 14.7. The molecular formula is C16H20N4O. The molecule has 2 aromatic rings. The number of rotatable bonds is 4. The first-order chi connectivity index (χ1) is 10.2. The van der Waals surface area contributed by atoms with E-state index in [4.69, 9.17) is 0 Å². The molecule has 2 unspecified atom stereocenters. The summed E-state index contributed by atoms with van der Waals surface area (Å²) in [5, 5.41) is 10.6. The van der Waals surface area contributed by atoms with Gasteiger partial charge in [-0.05, 0) is 31.0 Å². The second-order valence-electron chi connectivity index (χ2n) is 5.46. The number of anilines is 1. The molecule has 1 aliphatic rings. The van der Waals surface area contributed by atoms with Crippen molar-refractivity contribution in [3.63, 3.8) is 0 Å². The molecule has 2 atom stereocenters. The Kier molecular flexibility index (Phi) is 3.90. The second kappa shape index (κ2) is 5.99. The number of benzene rings is 1. The molecule has 0 saturated heterocycles. The Morgan fingerprint density at radius 2 is 2.29 bits per heavy atom. The van der Waals surface area contributed by atoms with Gasteiger partial charge in [-0.25, -0.2) is 0 Å². The molecule has 0 saturated carbocycles. The summed E-state index contributed by atoms with van der Waals surface area (Å²) in [6.45, 7) is 3.36. The van der Waals surface area contributed by atoms with Crippen molar-refractivity contribution in [2.45, 2.75) is 25.9 Å². The van der Waals surface area contributed by atoms with Gasteiger partial charge in [0.1, 0.15) is 0 Å². The minimum Gasteiger partial charge on any atom is -0.382 e. The fraction of sp³-hybridized carbons (Fsp3) is 0.375. The molecule has 110 valence electrons. The van der Waals surface area contributed by atoms with Crippen LogP contribution < -0.4 is 10.6 Å². The lowest BCUT2D eigenvalue weighted by Crippen LogP contribution is -2.44. The Bertz CT molecular complexity index is 608. The molecule has 2 heterocycles. The first-order valence-corrected chi connectivity index (χ1v) is 7.33. The van der Waals surface area contributed by atoms with Crippen molar-refractivity contribution in [1.82, 2.24) is 15.1 Å². The molecule has 0 aliphatic carbocycles. The van der Waals surface area contributed by atoms with E-state index < -0.39 is 0 Å². The molecule has 0 radical (unpaired) electrons. The zero-order valence-electron chi connectivity index (χ0n) is 12.1. The van der Waals surface area contributed by atoms with Gasteiger partial charge in [-0.1, -0.05) is 18.2 Å². The number of para-hydroxylation sites is 1. The van der Waals surface area contributed by atoms with E-state index in [0.717, 1.165) is 12.1 Å². The third-order valence-electron chi connectivity index (χ3n) is 3.98. The van der Waals surface area contributed by atoms with E-state index in [9.17, 15) is 4.79 Å². The molecule has 1 aromatic carbocycles. The van der Waals surface area contributed by atoms with E-state index in [1.54, 1.807) is 6.20 Å². The quantitative estimate of drug-likeness (QED) is 0.898. The Morgan fingerprint density at radius 1 is 1.43 bits per heavy atom. The van der Waals surface area contributed by atoms with E-state index in [0.29, 0.717) is 13.1 Å². The Labute approximate surface area is 124 Å². The van der Waals surface area contributed by atoms with Crippen molar-refractivity contribution >= 4 is 11.6 Å². The van der Waals surface area contributed by atoms with Crippen LogP contribution in [0.5, 0.6) is 0 Å². The van der Waals surface area contributed by atoms with E-state index in [2.05, 4.69) is 34.8 Å². The Balaban J connectivity index is 1.57. The SMILES string of the molecule is CC1Nc2ccccc2CC1C(=O)NCCn1cccn1. The number of hydrogen-bond donors (Lipinski definition) is 2. The lowest BCUT2D eigenvalue weighted by atomic mass is 9.87. The maximum absolute atomic E-state index is 12.4. The van der Waals surface area contributed by atoms with Crippen LogP contribution in [0, 0.1) is 5.92 Å². The van der Waals surface area contributed by atoms with E-state index in [-0.39, 0.29) is 17.9 Å². The van der Waals surface area contributed by atoms with Crippen molar-refractivity contribution in [3.8, 4) is 0 Å². The zero-order valence-corrected chi connectivity index (χ0v) is 12.1. The lowest BCUT2D eigenvalue weighted by Gasteiger charge is -2.31. The van der Waals surface area contributed by atoms with E-state index >= 15 is 0 Å². The molecule has 3 rings (SSSR count). The third-order valence-corrected chi connectivity index (χ3v) is 3.98. The fourth-order valence-electron chi connectivity index (χ4n) is 2.78. The smallest absolute Gasteiger partial charge is 0.225 e. The monoisotopic (exact) mass is 284 g/mol. The Morgan fingerprint density at radius 3 is 3.10 bits per heavy atom. The van der Waals surface area contributed by atoms with Crippen LogP contribution in [0.1, 0.15) is 12.5 Å². The van der Waals surface area contributed by atoms with Crippen LogP contribution in [0.4, 0.5) is 5.69 Å². The van der Waals surface area contributed by atoms with Crippen molar-refractivity contribution in [3.05, 3.63) is 48.3 Å². The molecule has 2 N–H and O–H groups in total. The van der Waals surface area contributed by atoms with Gasteiger partial charge in [-0.15, -0.1) is 0 Å². The highest BCUT2D eigenvalue weighted by Crippen LogP contribution is 2.28. The van der Waals surface area contributed by atoms with Gasteiger partial charge in [-0.2, -0.15) is 5.10 Å². The highest BCUT2D eigenvalue weighted by molar-refractivity contribution is 5.81. The summed E-state index contributed by atoms with van der Waals surface area (Å²) in [7, 11) is 0. The highest BCUT2D eigenvalue weighted by atomic mass is 16.1. The molecule has 5 nitrogen and oxygen atoms in total. The van der Waals surface area contributed by atoms with Gasteiger partial charge in [0.15, 0.2) is 0 Å². The predicted octanol–water partition coefficient (Wildman–Crippen LogP) is 1.67. The van der Waals surface area contributed by atoms with Crippen LogP contribution in [0.3, 0.4) is 0 Å². The standard InChI is InChI=1S/C16H20N4O/c1-12-14(11-13-5-2-3-6-15(13)19-12)16(21)17-8-10-20-9-4-7-18-20/h2-7,9,12,14,19H,8,10-11H2,1H3,(H,17,21). The summed E-state index contributed by atoms with van der Waals surface area (Å²) in [6.07, 6.45) is 4.43. The summed E-state index contributed by atoms with van der Waals surface area (Å²) < 4.78 is 1.82. The van der Waals surface area contributed by atoms with Crippen LogP contribution in [-0.4, -0.2) is 28.3 Å². The van der Waals surface area contributed by atoms with Gasteiger partial charge in [-0.3, -0.25) is 9.48 Å². The summed E-state index contributed by atoms with van der Waals surface area (Å²) in [4.78, 5) is 12.4. The van der Waals surface area contributed by atoms with Crippen LogP contribution in [0.15, 0.2) is 42.7 Å². The van der Waals surface area contributed by atoms with Gasteiger partial charge >= 0.3 is 0 Å². The third kappa shape index (κ3) is 3.07. The average molecular weight is 284 g/mol. The molecule has 0 fully saturated rings. The molecule has 1 aliphatic heterocycles. The number of nitrogens with zero attached hydrogens (tertiary/aromatic N) is 2. The lowest BCUT2D eigenvalue weighted by molar-refractivity contribution is -0.125. The van der Waals surface area contributed by atoms with Gasteiger partial charge in [0.25, 0.3) is 0 Å². The average Bonchev–Trinajstić information content (AvgIpc) is 2.99. The number of carbonyl (C=O) groups excluding carboxylic acids is 1. The summed E-state index contributed by atoms with van der Waals surface area (Å²) in [5.41, 5.74) is 2.36. The maximum atomic E-state index is 12.4. The van der Waals surface area contributed by atoms with Crippen molar-refractivity contribution < 1.29 is 4.79 Å². The summed E-state index contributed by atoms with van der Waals surface area (Å²) in [6, 6.07) is 10.2. The molecule has 1 amide bonds. The minimum atomic E-state index is -0.0301. The second-order valence-corrected chi connectivity index (χ2v) is 5.46. The maximum Gasteiger partial charge on any atom is 0.225 e. The summed E-state index contributed by atoms with van der Waals surface area (Å²) >= 11 is 0. The molecular weight excluding hydrogens is 264 g/mol. The highest BCUT2D eigenvalue weighted by Gasteiger charge is 2.29. The molecule has 0 bridgehead atoms. The normalized spacial score (nSPS) is 20.4. The van der Waals surface area contributed by atoms with Crippen LogP contribution >= 0.6 is 0 Å². The van der Waals surface area contributed by atoms with Gasteiger partial charge in [0.05, 0.1) is 12.5 Å². The van der Waals surface area contributed by atoms with Crippen molar-refractivity contribution in [2.75, 3.05) is 11.9 Å². The number of nitrogens with one attached hydrogen (secondary N) is 2. The molecule has 5 heteroatoms. The van der Waals surface area contributed by atoms with Crippen LogP contribution in [-0.2, 0) is 17.8 Å². The van der Waals surface area contributed by atoms with Gasteiger partial charge < -0.3 is 10.6 Å². The van der Waals surface area contributed by atoms with Crippen LogP contribution in [0.25, 0.3) is 0 Å². The number of amides is 1. The van der Waals surface area contributed by atoms with Gasteiger partial charge in [0.2, 0.25) is 5.91 Å². The van der Waals surface area contributed by atoms with Gasteiger partial charge in [0, 0.05) is 30.7 Å². The number of aromatic nitrogens is 2. The fourth-order valence-corrected chi connectivity index (χ4v) is 2.78. The van der Waals surface area contributed by atoms with E-state index in [1.807, 2.05) is 29.1 Å². The van der Waals surface area contributed by atoms with E-state index in [1.165, 1.54) is 5.56 Å². The van der Waals surface area contributed by atoms with Crippen molar-refractivity contribution in [1.29, 1.82) is 0 Å². The van der Waals surface area contributed by atoms with Crippen molar-refractivity contribution in [2.24, 2.45) is 5.92 Å². The first kappa shape index (κ1) is 13.7.